The normalized spacial score (nSPS) is 12.3. The average Bonchev–Trinajstić information content (AvgIpc) is 2.35. The van der Waals surface area contributed by atoms with Crippen LogP contribution in [0.15, 0.2) is 30.3 Å². The van der Waals surface area contributed by atoms with E-state index in [1.54, 1.807) is 30.3 Å². The first kappa shape index (κ1) is 15.4. The molecule has 0 fully saturated rings. The average molecular weight is 281 g/mol. The van der Waals surface area contributed by atoms with Crippen LogP contribution in [-0.2, 0) is 11.3 Å². The summed E-state index contributed by atoms with van der Waals surface area (Å²) in [6, 6.07) is 7.97. The summed E-state index contributed by atoms with van der Waals surface area (Å²) in [5.74, 6) is -7.59. The first-order chi connectivity index (χ1) is 8.70. The lowest BCUT2D eigenvalue weighted by Crippen LogP contribution is -2.51. The van der Waals surface area contributed by atoms with Gasteiger partial charge < -0.3 is 4.90 Å². The molecule has 0 aliphatic heterocycles. The van der Waals surface area contributed by atoms with Crippen molar-refractivity contribution in [1.82, 2.24) is 4.90 Å². The van der Waals surface area contributed by atoms with E-state index in [4.69, 9.17) is 0 Å². The van der Waals surface area contributed by atoms with E-state index >= 15 is 0 Å². The Balaban J connectivity index is 2.89. The molecule has 0 heterocycles. The molecule has 7 heteroatoms. The molecule has 0 N–H and O–H groups in total. The van der Waals surface area contributed by atoms with Gasteiger partial charge in [0.15, 0.2) is 0 Å². The fourth-order valence-electron chi connectivity index (χ4n) is 1.45. The SMILES string of the molecule is CCN(Cc1ccccc1)C(=O)C(F)(F)C(F)(F)F. The largest absolute Gasteiger partial charge is 0.463 e. The predicted octanol–water partition coefficient (Wildman–Crippen LogP) is 3.23. The highest BCUT2D eigenvalue weighted by atomic mass is 19.4. The third-order valence-corrected chi connectivity index (χ3v) is 2.51. The Bertz CT molecular complexity index is 429. The van der Waals surface area contributed by atoms with Crippen molar-refractivity contribution in [3.8, 4) is 0 Å². The lowest BCUT2D eigenvalue weighted by molar-refractivity contribution is -0.274. The summed E-state index contributed by atoms with van der Waals surface area (Å²) >= 11 is 0. The highest BCUT2D eigenvalue weighted by Crippen LogP contribution is 2.37. The summed E-state index contributed by atoms with van der Waals surface area (Å²) < 4.78 is 62.3. The summed E-state index contributed by atoms with van der Waals surface area (Å²) in [4.78, 5) is 11.8. The Morgan fingerprint density at radius 2 is 1.63 bits per heavy atom. The van der Waals surface area contributed by atoms with Crippen LogP contribution in [0.4, 0.5) is 22.0 Å². The Labute approximate surface area is 106 Å². The standard InChI is InChI=1S/C12H12F5NO/c1-2-18(8-9-6-4-3-5-7-9)10(19)11(13,14)12(15,16)17/h3-7H,2,8H2,1H3. The number of hydrogen-bond acceptors (Lipinski definition) is 1. The molecule has 0 saturated heterocycles. The van der Waals surface area contributed by atoms with E-state index in [-0.39, 0.29) is 13.1 Å². The number of carbonyl (C=O) groups is 1. The molecule has 2 nitrogen and oxygen atoms in total. The molecule has 106 valence electrons. The van der Waals surface area contributed by atoms with Crippen molar-refractivity contribution in [2.75, 3.05) is 6.54 Å². The van der Waals surface area contributed by atoms with Gasteiger partial charge in [0.05, 0.1) is 0 Å². The number of halogens is 5. The van der Waals surface area contributed by atoms with Gasteiger partial charge in [-0.05, 0) is 12.5 Å². The summed E-state index contributed by atoms with van der Waals surface area (Å²) in [5, 5.41) is 0. The number of hydrogen-bond donors (Lipinski definition) is 0. The van der Waals surface area contributed by atoms with Crippen molar-refractivity contribution in [1.29, 1.82) is 0 Å². The molecule has 0 aromatic heterocycles. The molecule has 0 aliphatic rings. The van der Waals surface area contributed by atoms with E-state index in [1.165, 1.54) is 6.92 Å². The summed E-state index contributed by atoms with van der Waals surface area (Å²) in [6.45, 7) is 0.814. The fourth-order valence-corrected chi connectivity index (χ4v) is 1.45. The van der Waals surface area contributed by atoms with E-state index in [2.05, 4.69) is 0 Å². The maximum atomic E-state index is 12.9. The molecule has 0 radical (unpaired) electrons. The van der Waals surface area contributed by atoms with E-state index in [0.29, 0.717) is 10.5 Å². The molecule has 0 spiro atoms. The van der Waals surface area contributed by atoms with Gasteiger partial charge in [0.2, 0.25) is 0 Å². The van der Waals surface area contributed by atoms with Crippen molar-refractivity contribution in [2.24, 2.45) is 0 Å². The third-order valence-electron chi connectivity index (χ3n) is 2.51. The quantitative estimate of drug-likeness (QED) is 0.776. The zero-order chi connectivity index (χ0) is 14.7. The lowest BCUT2D eigenvalue weighted by atomic mass is 10.2. The van der Waals surface area contributed by atoms with Gasteiger partial charge >= 0.3 is 18.0 Å². The van der Waals surface area contributed by atoms with Crippen LogP contribution >= 0.6 is 0 Å². The van der Waals surface area contributed by atoms with Gasteiger partial charge in [-0.3, -0.25) is 4.79 Å². The molecule has 0 bridgehead atoms. The van der Waals surface area contributed by atoms with Crippen molar-refractivity contribution >= 4 is 5.91 Å². The molecule has 1 aromatic carbocycles. The Kier molecular flexibility index (Phi) is 4.49. The number of alkyl halides is 5. The molecule has 0 atom stereocenters. The fraction of sp³-hybridized carbons (Fsp3) is 0.417. The van der Waals surface area contributed by atoms with E-state index in [9.17, 15) is 26.7 Å². The number of rotatable bonds is 4. The van der Waals surface area contributed by atoms with Gasteiger partial charge in [0.1, 0.15) is 0 Å². The van der Waals surface area contributed by atoms with Crippen molar-refractivity contribution < 1.29 is 26.7 Å². The molecule has 1 aromatic rings. The van der Waals surface area contributed by atoms with E-state index in [1.807, 2.05) is 0 Å². The maximum absolute atomic E-state index is 12.9. The second-order valence-corrected chi connectivity index (χ2v) is 3.88. The number of nitrogens with zero attached hydrogens (tertiary/aromatic N) is 1. The van der Waals surface area contributed by atoms with Crippen LogP contribution in [0.1, 0.15) is 12.5 Å². The maximum Gasteiger partial charge on any atom is 0.463 e. The van der Waals surface area contributed by atoms with Gasteiger partial charge in [0, 0.05) is 13.1 Å². The monoisotopic (exact) mass is 281 g/mol. The third kappa shape index (κ3) is 3.42. The predicted molar refractivity (Wildman–Crippen MR) is 58.5 cm³/mol. The summed E-state index contributed by atoms with van der Waals surface area (Å²) in [7, 11) is 0. The minimum atomic E-state index is -5.88. The molecule has 1 amide bonds. The summed E-state index contributed by atoms with van der Waals surface area (Å²) in [5.41, 5.74) is 0.482. The minimum Gasteiger partial charge on any atom is -0.333 e. The minimum absolute atomic E-state index is 0.237. The van der Waals surface area contributed by atoms with Gasteiger partial charge in [-0.25, -0.2) is 0 Å². The second-order valence-electron chi connectivity index (χ2n) is 3.88. The topological polar surface area (TPSA) is 20.3 Å². The highest BCUT2D eigenvalue weighted by molar-refractivity contribution is 5.84. The van der Waals surface area contributed by atoms with Gasteiger partial charge in [-0.1, -0.05) is 30.3 Å². The van der Waals surface area contributed by atoms with Crippen molar-refractivity contribution in [3.63, 3.8) is 0 Å². The van der Waals surface area contributed by atoms with Crippen LogP contribution in [-0.4, -0.2) is 29.5 Å². The van der Waals surface area contributed by atoms with E-state index in [0.717, 1.165) is 0 Å². The van der Waals surface area contributed by atoms with Crippen LogP contribution in [0, 0.1) is 0 Å². The van der Waals surface area contributed by atoms with Crippen LogP contribution < -0.4 is 0 Å². The first-order valence-electron chi connectivity index (χ1n) is 5.48. The second kappa shape index (κ2) is 5.54. The zero-order valence-electron chi connectivity index (χ0n) is 10.0. The number of carbonyl (C=O) groups excluding carboxylic acids is 1. The zero-order valence-corrected chi connectivity index (χ0v) is 10.0. The molecule has 0 saturated carbocycles. The van der Waals surface area contributed by atoms with Crippen molar-refractivity contribution in [3.05, 3.63) is 35.9 Å². The molecule has 19 heavy (non-hydrogen) atoms. The van der Waals surface area contributed by atoms with E-state index < -0.39 is 18.0 Å². The van der Waals surface area contributed by atoms with Crippen LogP contribution in [0.3, 0.4) is 0 Å². The van der Waals surface area contributed by atoms with Gasteiger partial charge in [-0.2, -0.15) is 22.0 Å². The molecule has 0 unspecified atom stereocenters. The van der Waals surface area contributed by atoms with Crippen LogP contribution in [0.2, 0.25) is 0 Å². The lowest BCUT2D eigenvalue weighted by Gasteiger charge is -2.27. The van der Waals surface area contributed by atoms with Gasteiger partial charge in [0.25, 0.3) is 0 Å². The van der Waals surface area contributed by atoms with Crippen molar-refractivity contribution in [2.45, 2.75) is 25.6 Å². The first-order valence-corrected chi connectivity index (χ1v) is 5.48. The Morgan fingerprint density at radius 3 is 2.05 bits per heavy atom. The number of benzene rings is 1. The smallest absolute Gasteiger partial charge is 0.333 e. The van der Waals surface area contributed by atoms with Gasteiger partial charge in [-0.15, -0.1) is 0 Å². The van der Waals surface area contributed by atoms with Crippen LogP contribution in [0.25, 0.3) is 0 Å². The molecular weight excluding hydrogens is 269 g/mol. The molecule has 1 rings (SSSR count). The Morgan fingerprint density at radius 1 is 1.11 bits per heavy atom. The number of amides is 1. The summed E-state index contributed by atoms with van der Waals surface area (Å²) in [6.07, 6.45) is -5.88. The van der Waals surface area contributed by atoms with Crippen LogP contribution in [0.5, 0.6) is 0 Å². The Hall–Kier alpha value is -1.66. The molecule has 0 aliphatic carbocycles. The molecular formula is C12H12F5NO. The highest BCUT2D eigenvalue weighted by Gasteiger charge is 2.64.